The number of benzene rings is 1. The molecule has 1 amide bonds. The Morgan fingerprint density at radius 2 is 1.87 bits per heavy atom. The van der Waals surface area contributed by atoms with Crippen LogP contribution in [0.1, 0.15) is 50.7 Å². The molecule has 3 atom stereocenters. The number of carbonyl (C=O) groups is 1. The van der Waals surface area contributed by atoms with Crippen molar-refractivity contribution in [1.82, 2.24) is 5.32 Å². The first-order chi connectivity index (χ1) is 10.7. The minimum atomic E-state index is -3.67. The van der Waals surface area contributed by atoms with Gasteiger partial charge in [-0.25, -0.2) is 8.42 Å². The summed E-state index contributed by atoms with van der Waals surface area (Å²) in [5.41, 5.74) is 1.70. The molecule has 0 aromatic heterocycles. The number of hydrogen-bond donors (Lipinski definition) is 1. The highest BCUT2D eigenvalue weighted by atomic mass is 32.2. The lowest BCUT2D eigenvalue weighted by Crippen LogP contribution is -2.47. The van der Waals surface area contributed by atoms with Crippen LogP contribution >= 0.6 is 0 Å². The predicted octanol–water partition coefficient (Wildman–Crippen LogP) is 3.16. The fourth-order valence-electron chi connectivity index (χ4n) is 3.28. The van der Waals surface area contributed by atoms with Gasteiger partial charge in [0.15, 0.2) is 9.84 Å². The van der Waals surface area contributed by atoms with E-state index in [1.54, 1.807) is 19.1 Å². The van der Waals surface area contributed by atoms with Crippen molar-refractivity contribution >= 4 is 15.7 Å². The van der Waals surface area contributed by atoms with Crippen molar-refractivity contribution in [2.45, 2.75) is 69.6 Å². The molecule has 0 spiro atoms. The molecule has 1 fully saturated rings. The fraction of sp³-hybridized carbons (Fsp3) is 0.611. The third-order valence-corrected chi connectivity index (χ3v) is 7.13. The Bertz CT molecular complexity index is 682. The second-order valence-corrected chi connectivity index (χ2v) is 9.07. The van der Waals surface area contributed by atoms with Gasteiger partial charge >= 0.3 is 0 Å². The standard InChI is InChI=1S/C18H27NO3S/c1-12-9-10-17(14(3)11-12)23(21,22)15(4)18(20)19-16-8-6-5-7-13(16)2/h9-11,13,15-16H,5-8H2,1-4H3,(H,19,20). The van der Waals surface area contributed by atoms with Crippen molar-refractivity contribution < 1.29 is 13.2 Å². The quantitative estimate of drug-likeness (QED) is 0.918. The molecule has 1 aliphatic rings. The second-order valence-electron chi connectivity index (χ2n) is 6.83. The number of sulfone groups is 1. The lowest BCUT2D eigenvalue weighted by Gasteiger charge is -2.30. The maximum absolute atomic E-state index is 12.8. The molecule has 128 valence electrons. The molecular formula is C18H27NO3S. The van der Waals surface area contributed by atoms with E-state index in [-0.39, 0.29) is 16.8 Å². The van der Waals surface area contributed by atoms with E-state index in [0.29, 0.717) is 11.5 Å². The first-order valence-corrected chi connectivity index (χ1v) is 9.89. The molecule has 1 aromatic carbocycles. The monoisotopic (exact) mass is 337 g/mol. The molecule has 1 aliphatic carbocycles. The molecule has 1 aromatic rings. The Labute approximate surface area is 139 Å². The van der Waals surface area contributed by atoms with Crippen LogP contribution in [0.3, 0.4) is 0 Å². The van der Waals surface area contributed by atoms with Gasteiger partial charge in [0.05, 0.1) is 4.90 Å². The Hall–Kier alpha value is -1.36. The highest BCUT2D eigenvalue weighted by Crippen LogP contribution is 2.25. The Kier molecular flexibility index (Phi) is 5.50. The van der Waals surface area contributed by atoms with Crippen molar-refractivity contribution in [3.63, 3.8) is 0 Å². The van der Waals surface area contributed by atoms with Gasteiger partial charge in [0.2, 0.25) is 5.91 Å². The third kappa shape index (κ3) is 3.94. The summed E-state index contributed by atoms with van der Waals surface area (Å²) in [6.45, 7) is 7.29. The average Bonchev–Trinajstić information content (AvgIpc) is 2.48. The van der Waals surface area contributed by atoms with Crippen LogP contribution in [0.15, 0.2) is 23.1 Å². The summed E-state index contributed by atoms with van der Waals surface area (Å²) >= 11 is 0. The number of hydrogen-bond acceptors (Lipinski definition) is 3. The predicted molar refractivity (Wildman–Crippen MR) is 92.1 cm³/mol. The maximum Gasteiger partial charge on any atom is 0.238 e. The Morgan fingerprint density at radius 1 is 1.22 bits per heavy atom. The van der Waals surface area contributed by atoms with Crippen molar-refractivity contribution in [3.05, 3.63) is 29.3 Å². The van der Waals surface area contributed by atoms with Gasteiger partial charge in [-0.2, -0.15) is 0 Å². The first kappa shape index (κ1) is 18.0. The summed E-state index contributed by atoms with van der Waals surface area (Å²) in [5, 5.41) is 1.89. The van der Waals surface area contributed by atoms with E-state index in [1.165, 1.54) is 13.3 Å². The van der Waals surface area contributed by atoms with Gasteiger partial charge in [-0.1, -0.05) is 37.5 Å². The van der Waals surface area contributed by atoms with Gasteiger partial charge in [-0.05, 0) is 51.2 Å². The normalized spacial score (nSPS) is 23.3. The van der Waals surface area contributed by atoms with Gasteiger partial charge in [0.25, 0.3) is 0 Å². The van der Waals surface area contributed by atoms with Crippen LogP contribution in [0.4, 0.5) is 0 Å². The van der Waals surface area contributed by atoms with Gasteiger partial charge in [-0.3, -0.25) is 4.79 Å². The largest absolute Gasteiger partial charge is 0.352 e. The SMILES string of the molecule is Cc1ccc(S(=O)(=O)C(C)C(=O)NC2CCCCC2C)c(C)c1. The van der Waals surface area contributed by atoms with E-state index < -0.39 is 15.1 Å². The van der Waals surface area contributed by atoms with Crippen LogP contribution in [0.5, 0.6) is 0 Å². The zero-order valence-corrected chi connectivity index (χ0v) is 15.2. The summed E-state index contributed by atoms with van der Waals surface area (Å²) in [4.78, 5) is 12.7. The molecule has 1 saturated carbocycles. The molecule has 0 bridgehead atoms. The minimum Gasteiger partial charge on any atom is -0.352 e. The smallest absolute Gasteiger partial charge is 0.238 e. The van der Waals surface area contributed by atoms with Crippen molar-refractivity contribution in [3.8, 4) is 0 Å². The molecule has 0 aliphatic heterocycles. The van der Waals surface area contributed by atoms with Gasteiger partial charge in [0, 0.05) is 6.04 Å². The van der Waals surface area contributed by atoms with E-state index in [0.717, 1.165) is 24.8 Å². The lowest BCUT2D eigenvalue weighted by atomic mass is 9.86. The number of nitrogens with one attached hydrogen (secondary N) is 1. The zero-order valence-electron chi connectivity index (χ0n) is 14.4. The molecule has 0 radical (unpaired) electrons. The maximum atomic E-state index is 12.8. The molecule has 2 rings (SSSR count). The van der Waals surface area contributed by atoms with E-state index in [9.17, 15) is 13.2 Å². The molecule has 3 unspecified atom stereocenters. The van der Waals surface area contributed by atoms with Gasteiger partial charge in [-0.15, -0.1) is 0 Å². The lowest BCUT2D eigenvalue weighted by molar-refractivity contribution is -0.121. The summed E-state index contributed by atoms with van der Waals surface area (Å²) in [6.07, 6.45) is 4.30. The van der Waals surface area contributed by atoms with Crippen molar-refractivity contribution in [1.29, 1.82) is 0 Å². The van der Waals surface area contributed by atoms with Crippen molar-refractivity contribution in [2.75, 3.05) is 0 Å². The minimum absolute atomic E-state index is 0.0908. The highest BCUT2D eigenvalue weighted by Gasteiger charge is 2.33. The zero-order chi connectivity index (χ0) is 17.2. The number of carbonyl (C=O) groups excluding carboxylic acids is 1. The summed E-state index contributed by atoms with van der Waals surface area (Å²) in [7, 11) is -3.67. The fourth-order valence-corrected chi connectivity index (χ4v) is 4.78. The van der Waals surface area contributed by atoms with Crippen LogP contribution in [0.25, 0.3) is 0 Å². The topological polar surface area (TPSA) is 63.2 Å². The number of rotatable bonds is 4. The molecular weight excluding hydrogens is 310 g/mol. The molecule has 0 saturated heterocycles. The Balaban J connectivity index is 2.17. The van der Waals surface area contributed by atoms with Gasteiger partial charge in [0.1, 0.15) is 5.25 Å². The number of aryl methyl sites for hydroxylation is 2. The average molecular weight is 337 g/mol. The molecule has 1 N–H and O–H groups in total. The molecule has 4 nitrogen and oxygen atoms in total. The summed E-state index contributed by atoms with van der Waals surface area (Å²) in [5.74, 6) is 0.0208. The highest BCUT2D eigenvalue weighted by molar-refractivity contribution is 7.92. The van der Waals surface area contributed by atoms with Crippen LogP contribution in [0, 0.1) is 19.8 Å². The van der Waals surface area contributed by atoms with Crippen LogP contribution in [-0.2, 0) is 14.6 Å². The summed E-state index contributed by atoms with van der Waals surface area (Å²) < 4.78 is 25.5. The van der Waals surface area contributed by atoms with Crippen LogP contribution in [-0.4, -0.2) is 25.6 Å². The second kappa shape index (κ2) is 7.04. The molecule has 5 heteroatoms. The van der Waals surface area contributed by atoms with Crippen LogP contribution in [0.2, 0.25) is 0 Å². The molecule has 0 heterocycles. The number of amides is 1. The van der Waals surface area contributed by atoms with E-state index >= 15 is 0 Å². The summed E-state index contributed by atoms with van der Waals surface area (Å²) in [6, 6.07) is 5.30. The first-order valence-electron chi connectivity index (χ1n) is 8.35. The van der Waals surface area contributed by atoms with Crippen LogP contribution < -0.4 is 5.32 Å². The van der Waals surface area contributed by atoms with Crippen molar-refractivity contribution in [2.24, 2.45) is 5.92 Å². The van der Waals surface area contributed by atoms with E-state index in [4.69, 9.17) is 0 Å². The molecule has 23 heavy (non-hydrogen) atoms. The van der Waals surface area contributed by atoms with Gasteiger partial charge < -0.3 is 5.32 Å². The Morgan fingerprint density at radius 3 is 2.48 bits per heavy atom. The van der Waals surface area contributed by atoms with E-state index in [2.05, 4.69) is 12.2 Å². The van der Waals surface area contributed by atoms with E-state index in [1.807, 2.05) is 13.0 Å². The third-order valence-electron chi connectivity index (χ3n) is 4.91.